The van der Waals surface area contributed by atoms with Crippen molar-refractivity contribution in [2.45, 2.75) is 18.1 Å². The molecule has 5 nitrogen and oxygen atoms in total. The normalized spacial score (nSPS) is 10.7. The van der Waals surface area contributed by atoms with Crippen LogP contribution >= 0.6 is 11.8 Å². The molecule has 0 fully saturated rings. The fourth-order valence-corrected chi connectivity index (χ4v) is 3.25. The number of thioether (sulfide) groups is 1. The molecule has 0 aliphatic carbocycles. The Morgan fingerprint density at radius 1 is 1.12 bits per heavy atom. The fraction of sp³-hybridized carbons (Fsp3) is 0.211. The number of carbonyl (C=O) groups is 1. The summed E-state index contributed by atoms with van der Waals surface area (Å²) >= 11 is 1.49. The molecule has 0 radical (unpaired) electrons. The molecule has 0 spiro atoms. The van der Waals surface area contributed by atoms with Crippen LogP contribution in [-0.2, 0) is 18.4 Å². The molecule has 134 valence electrons. The van der Waals surface area contributed by atoms with E-state index < -0.39 is 0 Å². The van der Waals surface area contributed by atoms with E-state index >= 15 is 0 Å². The molecule has 0 unspecified atom stereocenters. The minimum Gasteiger partial charge on any atom is -0.352 e. The quantitative estimate of drug-likeness (QED) is 0.648. The lowest BCUT2D eigenvalue weighted by Crippen LogP contribution is -2.23. The van der Waals surface area contributed by atoms with Gasteiger partial charge >= 0.3 is 0 Å². The SMILES string of the molecule is Cn1c(SCCC(=O)NCc2ccc(F)cc2)nnc1-c1ccccc1. The Bertz CT molecular complexity index is 865. The van der Waals surface area contributed by atoms with Crippen LogP contribution in [0, 0.1) is 5.82 Å². The van der Waals surface area contributed by atoms with Crippen molar-refractivity contribution in [3.63, 3.8) is 0 Å². The van der Waals surface area contributed by atoms with Gasteiger partial charge in [0.2, 0.25) is 5.91 Å². The molecule has 2 aromatic carbocycles. The predicted molar refractivity (Wildman–Crippen MR) is 100 cm³/mol. The summed E-state index contributed by atoms with van der Waals surface area (Å²) in [5.41, 5.74) is 1.87. The summed E-state index contributed by atoms with van der Waals surface area (Å²) in [6.07, 6.45) is 0.374. The van der Waals surface area contributed by atoms with Crippen LogP contribution in [0.1, 0.15) is 12.0 Å². The second-order valence-electron chi connectivity index (χ2n) is 5.73. The third-order valence-electron chi connectivity index (χ3n) is 3.83. The highest BCUT2D eigenvalue weighted by Gasteiger charge is 2.11. The van der Waals surface area contributed by atoms with Crippen LogP contribution in [0.3, 0.4) is 0 Å². The molecule has 3 aromatic rings. The molecule has 1 amide bonds. The molecule has 0 atom stereocenters. The van der Waals surface area contributed by atoms with Crippen molar-refractivity contribution in [1.82, 2.24) is 20.1 Å². The molecule has 0 saturated carbocycles. The van der Waals surface area contributed by atoms with E-state index in [1.54, 1.807) is 12.1 Å². The largest absolute Gasteiger partial charge is 0.352 e. The Balaban J connectivity index is 1.47. The van der Waals surface area contributed by atoms with Crippen LogP contribution in [0.4, 0.5) is 4.39 Å². The van der Waals surface area contributed by atoms with Crippen LogP contribution < -0.4 is 5.32 Å². The van der Waals surface area contributed by atoms with Crippen LogP contribution in [0.15, 0.2) is 59.8 Å². The first-order chi connectivity index (χ1) is 12.6. The maximum absolute atomic E-state index is 12.9. The van der Waals surface area contributed by atoms with E-state index in [0.29, 0.717) is 18.7 Å². The standard InChI is InChI=1S/C19H19FN4OS/c1-24-18(15-5-3-2-4-6-15)22-23-19(24)26-12-11-17(25)21-13-14-7-9-16(20)10-8-14/h2-10H,11-13H2,1H3,(H,21,25). The lowest BCUT2D eigenvalue weighted by Gasteiger charge is -2.06. The summed E-state index contributed by atoms with van der Waals surface area (Å²) < 4.78 is 14.8. The molecule has 0 aliphatic heterocycles. The van der Waals surface area contributed by atoms with Gasteiger partial charge in [0.25, 0.3) is 0 Å². The van der Waals surface area contributed by atoms with Crippen molar-refractivity contribution < 1.29 is 9.18 Å². The van der Waals surface area contributed by atoms with Gasteiger partial charge in [0.05, 0.1) is 0 Å². The second-order valence-corrected chi connectivity index (χ2v) is 6.79. The number of halogens is 1. The van der Waals surface area contributed by atoms with E-state index in [1.807, 2.05) is 41.9 Å². The van der Waals surface area contributed by atoms with Crippen molar-refractivity contribution >= 4 is 17.7 Å². The van der Waals surface area contributed by atoms with Crippen LogP contribution in [0.2, 0.25) is 0 Å². The van der Waals surface area contributed by atoms with E-state index in [-0.39, 0.29) is 11.7 Å². The van der Waals surface area contributed by atoms with Gasteiger partial charge in [0.1, 0.15) is 5.82 Å². The minimum atomic E-state index is -0.282. The van der Waals surface area contributed by atoms with Gasteiger partial charge in [0.15, 0.2) is 11.0 Å². The zero-order valence-electron chi connectivity index (χ0n) is 14.4. The highest BCUT2D eigenvalue weighted by atomic mass is 32.2. The van der Waals surface area contributed by atoms with Crippen molar-refractivity contribution in [3.8, 4) is 11.4 Å². The first-order valence-corrected chi connectivity index (χ1v) is 9.21. The Morgan fingerprint density at radius 2 is 1.85 bits per heavy atom. The molecule has 3 rings (SSSR count). The average molecular weight is 370 g/mol. The van der Waals surface area contributed by atoms with Gasteiger partial charge in [-0.3, -0.25) is 4.79 Å². The van der Waals surface area contributed by atoms with E-state index in [9.17, 15) is 9.18 Å². The molecular weight excluding hydrogens is 351 g/mol. The summed E-state index contributed by atoms with van der Waals surface area (Å²) in [5, 5.41) is 12.0. The van der Waals surface area contributed by atoms with Gasteiger partial charge in [-0.15, -0.1) is 10.2 Å². The lowest BCUT2D eigenvalue weighted by atomic mass is 10.2. The van der Waals surface area contributed by atoms with Crippen LogP contribution in [0.5, 0.6) is 0 Å². The van der Waals surface area contributed by atoms with Gasteiger partial charge < -0.3 is 9.88 Å². The van der Waals surface area contributed by atoms with E-state index in [2.05, 4.69) is 15.5 Å². The molecule has 1 heterocycles. The Labute approximate surface area is 155 Å². The molecule has 1 N–H and O–H groups in total. The predicted octanol–water partition coefficient (Wildman–Crippen LogP) is 3.42. The van der Waals surface area contributed by atoms with Crippen LogP contribution in [0.25, 0.3) is 11.4 Å². The molecule has 0 saturated heterocycles. The Kier molecular flexibility index (Phi) is 6.01. The first-order valence-electron chi connectivity index (χ1n) is 8.22. The molecule has 0 aliphatic rings. The smallest absolute Gasteiger partial charge is 0.221 e. The number of rotatable bonds is 7. The molecule has 1 aromatic heterocycles. The Morgan fingerprint density at radius 3 is 2.58 bits per heavy atom. The van der Waals surface area contributed by atoms with Gasteiger partial charge in [-0.1, -0.05) is 54.2 Å². The number of nitrogens with one attached hydrogen (secondary N) is 1. The zero-order chi connectivity index (χ0) is 18.4. The number of aromatic nitrogens is 3. The minimum absolute atomic E-state index is 0.0488. The molecular formula is C19H19FN4OS. The lowest BCUT2D eigenvalue weighted by molar-refractivity contribution is -0.120. The third-order valence-corrected chi connectivity index (χ3v) is 4.85. The zero-order valence-corrected chi connectivity index (χ0v) is 15.2. The maximum atomic E-state index is 12.9. The molecule has 7 heteroatoms. The fourth-order valence-electron chi connectivity index (χ4n) is 2.41. The average Bonchev–Trinajstić information content (AvgIpc) is 3.03. The number of nitrogens with zero attached hydrogens (tertiary/aromatic N) is 3. The number of hydrogen-bond acceptors (Lipinski definition) is 4. The summed E-state index contributed by atoms with van der Waals surface area (Å²) in [7, 11) is 1.92. The number of amides is 1. The second kappa shape index (κ2) is 8.62. The third kappa shape index (κ3) is 4.70. The van der Waals surface area contributed by atoms with Gasteiger partial charge in [-0.05, 0) is 17.7 Å². The number of benzene rings is 2. The van der Waals surface area contributed by atoms with Crippen molar-refractivity contribution in [2.24, 2.45) is 7.05 Å². The number of carbonyl (C=O) groups excluding carboxylic acids is 1. The van der Waals surface area contributed by atoms with Gasteiger partial charge in [-0.2, -0.15) is 0 Å². The van der Waals surface area contributed by atoms with Gasteiger partial charge in [-0.25, -0.2) is 4.39 Å². The highest BCUT2D eigenvalue weighted by molar-refractivity contribution is 7.99. The van der Waals surface area contributed by atoms with E-state index in [0.717, 1.165) is 22.1 Å². The monoisotopic (exact) mass is 370 g/mol. The summed E-state index contributed by atoms with van der Waals surface area (Å²) in [5.74, 6) is 1.08. The van der Waals surface area contributed by atoms with Gasteiger partial charge in [0, 0.05) is 31.3 Å². The summed E-state index contributed by atoms with van der Waals surface area (Å²) in [6, 6.07) is 15.9. The Hall–Kier alpha value is -2.67. The topological polar surface area (TPSA) is 59.8 Å². The number of hydrogen-bond donors (Lipinski definition) is 1. The van der Waals surface area contributed by atoms with Crippen LogP contribution in [-0.4, -0.2) is 26.4 Å². The maximum Gasteiger partial charge on any atom is 0.221 e. The van der Waals surface area contributed by atoms with Crippen molar-refractivity contribution in [1.29, 1.82) is 0 Å². The van der Waals surface area contributed by atoms with E-state index in [4.69, 9.17) is 0 Å². The van der Waals surface area contributed by atoms with Crippen molar-refractivity contribution in [2.75, 3.05) is 5.75 Å². The molecule has 26 heavy (non-hydrogen) atoms. The highest BCUT2D eigenvalue weighted by Crippen LogP contribution is 2.22. The molecule has 0 bridgehead atoms. The first kappa shape index (κ1) is 18.1. The van der Waals surface area contributed by atoms with Crippen molar-refractivity contribution in [3.05, 3.63) is 66.0 Å². The summed E-state index contributed by atoms with van der Waals surface area (Å²) in [6.45, 7) is 0.395. The van der Waals surface area contributed by atoms with E-state index in [1.165, 1.54) is 23.9 Å². The summed E-state index contributed by atoms with van der Waals surface area (Å²) in [4.78, 5) is 11.9.